The lowest BCUT2D eigenvalue weighted by Gasteiger charge is -2.18. The van der Waals surface area contributed by atoms with E-state index in [-0.39, 0.29) is 54.0 Å². The summed E-state index contributed by atoms with van der Waals surface area (Å²) >= 11 is 37.0. The second-order valence-corrected chi connectivity index (χ2v) is 16.4. The summed E-state index contributed by atoms with van der Waals surface area (Å²) in [6.07, 6.45) is 0.735. The molecule has 14 nitrogen and oxygen atoms in total. The molecule has 0 aliphatic carbocycles. The lowest BCUT2D eigenvalue weighted by Crippen LogP contribution is -2.33. The van der Waals surface area contributed by atoms with Gasteiger partial charge in [0.25, 0.3) is 23.6 Å². The summed E-state index contributed by atoms with van der Waals surface area (Å²) in [5.41, 5.74) is 2.68. The summed E-state index contributed by atoms with van der Waals surface area (Å²) in [7, 11) is 0. The minimum absolute atomic E-state index is 0.0836. The van der Waals surface area contributed by atoms with Crippen molar-refractivity contribution in [3.05, 3.63) is 137 Å². The largest absolute Gasteiger partial charge is 0.323 e. The first-order chi connectivity index (χ1) is 30.3. The van der Waals surface area contributed by atoms with Crippen molar-refractivity contribution >= 4 is 139 Å². The first kappa shape index (κ1) is 49.3. The maximum absolute atomic E-state index is 13.6. The molecule has 0 aromatic heterocycles. The Morgan fingerprint density at radius 2 is 0.844 bits per heavy atom. The molecule has 2 unspecified atom stereocenters. The topological polar surface area (TPSA) is 200 Å². The van der Waals surface area contributed by atoms with Crippen molar-refractivity contribution in [2.24, 2.45) is 20.5 Å². The molecular weight excluding hydrogens is 949 g/mol. The number of aryl methyl sites for hydroxylation is 2. The number of hydrogen-bond acceptors (Lipinski definition) is 10. The third-order valence-electron chi connectivity index (χ3n) is 9.09. The molecule has 5 aromatic carbocycles. The lowest BCUT2D eigenvalue weighted by molar-refractivity contribution is -0.127. The highest BCUT2D eigenvalue weighted by Gasteiger charge is 2.27. The molecule has 0 saturated carbocycles. The fourth-order valence-corrected chi connectivity index (χ4v) is 7.03. The number of carbonyl (C=O) groups excluding carboxylic acids is 6. The van der Waals surface area contributed by atoms with Crippen LogP contribution in [0.15, 0.2) is 105 Å². The molecule has 0 radical (unpaired) electrons. The lowest BCUT2D eigenvalue weighted by atomic mass is 10.0. The van der Waals surface area contributed by atoms with Gasteiger partial charge in [-0.05, 0) is 123 Å². The van der Waals surface area contributed by atoms with Crippen molar-refractivity contribution in [2.75, 3.05) is 21.3 Å². The summed E-state index contributed by atoms with van der Waals surface area (Å²) in [6, 6.07) is 17.5. The third kappa shape index (κ3) is 13.2. The molecule has 0 saturated heterocycles. The zero-order chi connectivity index (χ0) is 46.8. The minimum atomic E-state index is -1.59. The van der Waals surface area contributed by atoms with Crippen LogP contribution in [-0.4, -0.2) is 47.3 Å². The van der Waals surface area contributed by atoms with Crippen LogP contribution in [0.2, 0.25) is 30.1 Å². The van der Waals surface area contributed by atoms with Crippen molar-refractivity contribution in [3.8, 4) is 0 Å². The van der Waals surface area contributed by atoms with Crippen LogP contribution in [0.4, 0.5) is 34.1 Å². The molecule has 0 fully saturated rings. The number of nitrogens with zero attached hydrogens (tertiary/aromatic N) is 4. The van der Waals surface area contributed by atoms with E-state index in [9.17, 15) is 28.8 Å². The average molecular weight is 986 g/mol. The van der Waals surface area contributed by atoms with E-state index < -0.39 is 47.3 Å². The van der Waals surface area contributed by atoms with Crippen LogP contribution < -0.4 is 21.3 Å². The number of amides is 4. The van der Waals surface area contributed by atoms with Gasteiger partial charge in [-0.2, -0.15) is 20.5 Å². The molecular formula is C44H36Cl6N8O6. The maximum Gasteiger partial charge on any atom is 0.258 e. The van der Waals surface area contributed by atoms with Gasteiger partial charge < -0.3 is 21.3 Å². The van der Waals surface area contributed by atoms with Crippen molar-refractivity contribution in [1.82, 2.24) is 0 Å². The number of Topliss-reactive ketones (excluding diaryl/α,β-unsaturated/α-hetero) is 2. The van der Waals surface area contributed by atoms with E-state index in [0.717, 1.165) is 0 Å². The molecule has 0 spiro atoms. The zero-order valence-corrected chi connectivity index (χ0v) is 38.7. The SMILES string of the molecule is CCc1cc(NC(=O)C(N=Nc2cc(Cl)cc(C(=O)Nc3cc(Cl)ccc3Cl)c2)C(C)=O)c(CC)cc1NC(=O)C(N=Nc1cc(Cl)cc(C(=O)Nc2cc(Cl)ccc2Cl)c1)C(C)=O. The highest BCUT2D eigenvalue weighted by Crippen LogP contribution is 2.31. The van der Waals surface area contributed by atoms with Gasteiger partial charge in [-0.3, -0.25) is 28.8 Å². The molecule has 20 heteroatoms. The van der Waals surface area contributed by atoms with Crippen molar-refractivity contribution in [3.63, 3.8) is 0 Å². The molecule has 64 heavy (non-hydrogen) atoms. The summed E-state index contributed by atoms with van der Waals surface area (Å²) in [6.45, 7) is 5.98. The molecule has 0 bridgehead atoms. The molecule has 2 atom stereocenters. The van der Waals surface area contributed by atoms with Crippen molar-refractivity contribution in [1.29, 1.82) is 0 Å². The Morgan fingerprint density at radius 1 is 0.469 bits per heavy atom. The maximum atomic E-state index is 13.6. The molecule has 0 heterocycles. The summed E-state index contributed by atoms with van der Waals surface area (Å²) in [4.78, 5) is 78.7. The quantitative estimate of drug-likeness (QED) is 0.0560. The van der Waals surface area contributed by atoms with E-state index in [1.807, 2.05) is 13.8 Å². The van der Waals surface area contributed by atoms with E-state index in [1.54, 1.807) is 24.3 Å². The number of halogens is 6. The van der Waals surface area contributed by atoms with E-state index >= 15 is 0 Å². The Morgan fingerprint density at radius 3 is 1.19 bits per heavy atom. The summed E-state index contributed by atoms with van der Waals surface area (Å²) < 4.78 is 0. The van der Waals surface area contributed by atoms with Gasteiger partial charge in [0.1, 0.15) is 0 Å². The molecule has 0 aliphatic heterocycles. The standard InChI is InChI=1S/C44H36Cl6N8O6/c1-5-23-15-36(52-44(64)40(22(4)60)58-56-32-14-26(12-30(48)18-32)42(62)54-38-20-28(46)8-10-34(38)50)24(6-2)16-35(23)51-43(63)39(21(3)59)57-55-31-13-25(11-29(47)17-31)41(61)53-37-19-27(45)7-9-33(37)49/h7-20,39-40H,5-6H2,1-4H3,(H,51,63)(H,52,64)(H,53,61)(H,54,62). The van der Waals surface area contributed by atoms with Gasteiger partial charge in [0, 0.05) is 42.6 Å². The first-order valence-electron chi connectivity index (χ1n) is 19.1. The van der Waals surface area contributed by atoms with Crippen LogP contribution >= 0.6 is 69.6 Å². The predicted molar refractivity (Wildman–Crippen MR) is 252 cm³/mol. The monoisotopic (exact) mass is 982 g/mol. The van der Waals surface area contributed by atoms with Crippen LogP contribution in [0, 0.1) is 0 Å². The van der Waals surface area contributed by atoms with Gasteiger partial charge in [0.15, 0.2) is 11.6 Å². The van der Waals surface area contributed by atoms with Crippen LogP contribution in [-0.2, 0) is 32.0 Å². The number of anilines is 4. The number of carbonyl (C=O) groups is 6. The molecule has 0 aliphatic rings. The van der Waals surface area contributed by atoms with E-state index in [2.05, 4.69) is 41.7 Å². The molecule has 5 rings (SSSR count). The smallest absolute Gasteiger partial charge is 0.258 e. The first-order valence-corrected chi connectivity index (χ1v) is 21.4. The Labute approximate surface area is 397 Å². The Bertz CT molecular complexity index is 2560. The Hall–Kier alpha value is -5.74. The number of hydrogen-bond donors (Lipinski definition) is 4. The van der Waals surface area contributed by atoms with E-state index in [4.69, 9.17) is 69.6 Å². The number of rotatable bonds is 16. The number of benzene rings is 5. The number of azo groups is 2. The van der Waals surface area contributed by atoms with Crippen LogP contribution in [0.5, 0.6) is 0 Å². The molecule has 5 aromatic rings. The van der Waals surface area contributed by atoms with E-state index in [1.165, 1.54) is 74.5 Å². The molecule has 4 amide bonds. The second kappa shape index (κ2) is 22.2. The fourth-order valence-electron chi connectivity index (χ4n) is 5.90. The van der Waals surface area contributed by atoms with Gasteiger partial charge in [0.2, 0.25) is 12.1 Å². The molecule has 330 valence electrons. The summed E-state index contributed by atoms with van der Waals surface area (Å²) in [5.74, 6) is -4.02. The second-order valence-electron chi connectivity index (χ2n) is 13.9. The number of ketones is 2. The Balaban J connectivity index is 1.31. The minimum Gasteiger partial charge on any atom is -0.323 e. The highest BCUT2D eigenvalue weighted by atomic mass is 35.5. The average Bonchev–Trinajstić information content (AvgIpc) is 3.23. The predicted octanol–water partition coefficient (Wildman–Crippen LogP) is 12.6. The van der Waals surface area contributed by atoms with Crippen molar-refractivity contribution in [2.45, 2.75) is 52.6 Å². The third-order valence-corrected chi connectivity index (χ3v) is 10.7. The molecule has 4 N–H and O–H groups in total. The zero-order valence-electron chi connectivity index (χ0n) is 34.2. The van der Waals surface area contributed by atoms with Gasteiger partial charge in [0.05, 0.1) is 32.8 Å². The van der Waals surface area contributed by atoms with Crippen LogP contribution in [0.3, 0.4) is 0 Å². The number of nitrogens with one attached hydrogen (secondary N) is 4. The van der Waals surface area contributed by atoms with Gasteiger partial charge in [-0.1, -0.05) is 83.5 Å². The van der Waals surface area contributed by atoms with Gasteiger partial charge in [-0.15, -0.1) is 0 Å². The van der Waals surface area contributed by atoms with Crippen LogP contribution in [0.1, 0.15) is 59.5 Å². The Kier molecular flexibility index (Phi) is 17.1. The van der Waals surface area contributed by atoms with Crippen molar-refractivity contribution < 1.29 is 28.8 Å². The highest BCUT2D eigenvalue weighted by molar-refractivity contribution is 6.37. The fraction of sp³-hybridized carbons (Fsp3) is 0.182. The van der Waals surface area contributed by atoms with Gasteiger partial charge in [-0.25, -0.2) is 0 Å². The van der Waals surface area contributed by atoms with Gasteiger partial charge >= 0.3 is 0 Å². The normalized spacial score (nSPS) is 12.2. The van der Waals surface area contributed by atoms with E-state index in [0.29, 0.717) is 45.4 Å². The summed E-state index contributed by atoms with van der Waals surface area (Å²) in [5, 5.41) is 28.4. The van der Waals surface area contributed by atoms with Crippen LogP contribution in [0.25, 0.3) is 0 Å².